The van der Waals surface area contributed by atoms with E-state index in [2.05, 4.69) is 20.8 Å². The molecule has 30 heavy (non-hydrogen) atoms. The van der Waals surface area contributed by atoms with Gasteiger partial charge >= 0.3 is 0 Å². The molecule has 0 unspecified atom stereocenters. The van der Waals surface area contributed by atoms with Crippen LogP contribution in [0, 0.1) is 0 Å². The Morgan fingerprint density at radius 3 is 2.20 bits per heavy atom. The van der Waals surface area contributed by atoms with Gasteiger partial charge < -0.3 is 9.64 Å². The third-order valence-corrected chi connectivity index (χ3v) is 7.28. The Morgan fingerprint density at radius 2 is 1.63 bits per heavy atom. The number of hydrogen-bond acceptors (Lipinski definition) is 4. The molecule has 1 saturated heterocycles. The largest absolute Gasteiger partial charge is 0.380 e. The van der Waals surface area contributed by atoms with Crippen LogP contribution in [0.25, 0.3) is 0 Å². The highest BCUT2D eigenvalue weighted by Crippen LogP contribution is 2.25. The first kappa shape index (κ1) is 22.5. The Balaban J connectivity index is 1.67. The molecule has 1 fully saturated rings. The first-order valence-electron chi connectivity index (χ1n) is 10.1. The highest BCUT2D eigenvalue weighted by atomic mass is 32.2. The van der Waals surface area contributed by atoms with Crippen LogP contribution in [-0.2, 0) is 26.8 Å². The van der Waals surface area contributed by atoms with Crippen LogP contribution in [0.15, 0.2) is 53.4 Å². The summed E-state index contributed by atoms with van der Waals surface area (Å²) in [6, 6.07) is 14.5. The highest BCUT2D eigenvalue weighted by Gasteiger charge is 2.30. The Labute approximate surface area is 179 Å². The van der Waals surface area contributed by atoms with Gasteiger partial charge in [0, 0.05) is 38.9 Å². The predicted molar refractivity (Wildman–Crippen MR) is 117 cm³/mol. The molecule has 2 aromatic rings. The van der Waals surface area contributed by atoms with Gasteiger partial charge in [-0.15, -0.1) is 0 Å². The molecule has 7 heteroatoms. The van der Waals surface area contributed by atoms with Crippen molar-refractivity contribution >= 4 is 15.9 Å². The van der Waals surface area contributed by atoms with Crippen molar-refractivity contribution in [3.63, 3.8) is 0 Å². The van der Waals surface area contributed by atoms with Crippen molar-refractivity contribution in [2.45, 2.75) is 37.7 Å². The van der Waals surface area contributed by atoms with Crippen LogP contribution < -0.4 is 0 Å². The lowest BCUT2D eigenvalue weighted by Gasteiger charge is -2.34. The minimum atomic E-state index is -3.57. The van der Waals surface area contributed by atoms with Crippen molar-refractivity contribution in [3.05, 3.63) is 65.2 Å². The number of rotatable bonds is 5. The summed E-state index contributed by atoms with van der Waals surface area (Å²) in [6.45, 7) is 8.03. The fourth-order valence-electron chi connectivity index (χ4n) is 3.55. The van der Waals surface area contributed by atoms with Crippen LogP contribution in [0.2, 0.25) is 0 Å². The molecular formula is C23H30N2O4S. The molecule has 0 bridgehead atoms. The van der Waals surface area contributed by atoms with Crippen molar-refractivity contribution in [2.75, 3.05) is 33.3 Å². The predicted octanol–water partition coefficient (Wildman–Crippen LogP) is 3.28. The standard InChI is InChI=1S/C23H30N2O4S/c1-23(2,3)20-8-10-21(11-9-20)30(27,28)25-14-12-24(13-15-25)22(26)19-7-5-6-18(16-19)17-29-4/h5-11,16H,12-15,17H2,1-4H3. The van der Waals surface area contributed by atoms with E-state index in [0.717, 1.165) is 11.1 Å². The van der Waals surface area contributed by atoms with Gasteiger partial charge in [-0.25, -0.2) is 8.42 Å². The Morgan fingerprint density at radius 1 is 1.00 bits per heavy atom. The quantitative estimate of drug-likeness (QED) is 0.730. The Bertz CT molecular complexity index is 987. The zero-order chi connectivity index (χ0) is 21.9. The van der Waals surface area contributed by atoms with E-state index in [-0.39, 0.29) is 24.4 Å². The Hall–Kier alpha value is -2.22. The summed E-state index contributed by atoms with van der Waals surface area (Å²) in [5.74, 6) is -0.0838. The van der Waals surface area contributed by atoms with Crippen LogP contribution in [0.3, 0.4) is 0 Å². The topological polar surface area (TPSA) is 66.9 Å². The third kappa shape index (κ3) is 4.91. The minimum Gasteiger partial charge on any atom is -0.380 e. The summed E-state index contributed by atoms with van der Waals surface area (Å²) in [4.78, 5) is 14.8. The summed E-state index contributed by atoms with van der Waals surface area (Å²) < 4.78 is 32.6. The molecular weight excluding hydrogens is 400 g/mol. The zero-order valence-corrected chi connectivity index (χ0v) is 18.9. The van der Waals surface area contributed by atoms with Gasteiger partial charge in [0.1, 0.15) is 0 Å². The number of carbonyl (C=O) groups excluding carboxylic acids is 1. The number of benzene rings is 2. The fourth-order valence-corrected chi connectivity index (χ4v) is 4.97. The van der Waals surface area contributed by atoms with Crippen molar-refractivity contribution in [1.82, 2.24) is 9.21 Å². The molecule has 1 heterocycles. The number of methoxy groups -OCH3 is 1. The lowest BCUT2D eigenvalue weighted by atomic mass is 9.87. The molecule has 0 saturated carbocycles. The first-order chi connectivity index (χ1) is 14.1. The monoisotopic (exact) mass is 430 g/mol. The van der Waals surface area contributed by atoms with Crippen molar-refractivity contribution < 1.29 is 17.9 Å². The lowest BCUT2D eigenvalue weighted by molar-refractivity contribution is 0.0697. The SMILES string of the molecule is COCc1cccc(C(=O)N2CCN(S(=O)(=O)c3ccc(C(C)(C)C)cc3)CC2)c1. The molecule has 0 radical (unpaired) electrons. The molecule has 0 atom stereocenters. The number of hydrogen-bond donors (Lipinski definition) is 0. The van der Waals surface area contributed by atoms with Gasteiger partial charge in [-0.1, -0.05) is 45.0 Å². The first-order valence-corrected chi connectivity index (χ1v) is 11.5. The maximum Gasteiger partial charge on any atom is 0.253 e. The van der Waals surface area contributed by atoms with Gasteiger partial charge in [-0.3, -0.25) is 4.79 Å². The molecule has 2 aromatic carbocycles. The maximum absolute atomic E-state index is 13.0. The van der Waals surface area contributed by atoms with E-state index < -0.39 is 10.0 Å². The average Bonchev–Trinajstić information content (AvgIpc) is 2.73. The van der Waals surface area contributed by atoms with E-state index in [9.17, 15) is 13.2 Å². The summed E-state index contributed by atoms with van der Waals surface area (Å²) >= 11 is 0. The van der Waals surface area contributed by atoms with Crippen molar-refractivity contribution in [2.24, 2.45) is 0 Å². The van der Waals surface area contributed by atoms with E-state index in [0.29, 0.717) is 30.2 Å². The molecule has 3 rings (SSSR count). The van der Waals surface area contributed by atoms with Crippen molar-refractivity contribution in [1.29, 1.82) is 0 Å². The average molecular weight is 431 g/mol. The molecule has 1 aliphatic rings. The van der Waals surface area contributed by atoms with E-state index in [4.69, 9.17) is 4.74 Å². The van der Waals surface area contributed by atoms with E-state index in [1.54, 1.807) is 30.2 Å². The lowest BCUT2D eigenvalue weighted by Crippen LogP contribution is -2.50. The van der Waals surface area contributed by atoms with E-state index >= 15 is 0 Å². The van der Waals surface area contributed by atoms with Gasteiger partial charge in [0.05, 0.1) is 11.5 Å². The second-order valence-electron chi connectivity index (χ2n) is 8.60. The molecule has 0 spiro atoms. The molecule has 6 nitrogen and oxygen atoms in total. The third-order valence-electron chi connectivity index (χ3n) is 5.37. The maximum atomic E-state index is 13.0. The fraction of sp³-hybridized carbons (Fsp3) is 0.435. The van der Waals surface area contributed by atoms with Crippen LogP contribution in [0.1, 0.15) is 42.3 Å². The molecule has 1 aliphatic heterocycles. The van der Waals surface area contributed by atoms with Gasteiger partial charge in [0.25, 0.3) is 5.91 Å². The van der Waals surface area contributed by atoms with Crippen molar-refractivity contribution in [3.8, 4) is 0 Å². The van der Waals surface area contributed by atoms with Gasteiger partial charge in [-0.2, -0.15) is 4.31 Å². The zero-order valence-electron chi connectivity index (χ0n) is 18.1. The molecule has 0 aliphatic carbocycles. The number of nitrogens with zero attached hydrogens (tertiary/aromatic N) is 2. The molecule has 1 amide bonds. The van der Waals surface area contributed by atoms with Crippen LogP contribution >= 0.6 is 0 Å². The smallest absolute Gasteiger partial charge is 0.253 e. The molecule has 0 N–H and O–H groups in total. The molecule has 0 aromatic heterocycles. The number of amides is 1. The number of piperazine rings is 1. The van der Waals surface area contributed by atoms with Crippen LogP contribution in [0.4, 0.5) is 0 Å². The normalized spacial score (nSPS) is 15.9. The van der Waals surface area contributed by atoms with E-state index in [1.165, 1.54) is 4.31 Å². The van der Waals surface area contributed by atoms with Crippen LogP contribution in [0.5, 0.6) is 0 Å². The van der Waals surface area contributed by atoms with Gasteiger partial charge in [-0.05, 0) is 40.8 Å². The Kier molecular flexibility index (Phi) is 6.65. The molecule has 162 valence electrons. The van der Waals surface area contributed by atoms with E-state index in [1.807, 2.05) is 30.3 Å². The number of carbonyl (C=O) groups is 1. The number of sulfonamides is 1. The highest BCUT2D eigenvalue weighted by molar-refractivity contribution is 7.89. The van der Waals surface area contributed by atoms with Gasteiger partial charge in [0.2, 0.25) is 10.0 Å². The number of ether oxygens (including phenoxy) is 1. The summed E-state index contributed by atoms with van der Waals surface area (Å²) in [5, 5.41) is 0. The van der Waals surface area contributed by atoms with Gasteiger partial charge in [0.15, 0.2) is 0 Å². The second-order valence-corrected chi connectivity index (χ2v) is 10.5. The summed E-state index contributed by atoms with van der Waals surface area (Å²) in [5.41, 5.74) is 2.59. The minimum absolute atomic E-state index is 0.0329. The summed E-state index contributed by atoms with van der Waals surface area (Å²) in [6.07, 6.45) is 0. The second kappa shape index (κ2) is 8.88. The summed E-state index contributed by atoms with van der Waals surface area (Å²) in [7, 11) is -1.96. The van der Waals surface area contributed by atoms with Crippen LogP contribution in [-0.4, -0.2) is 56.8 Å².